The first kappa shape index (κ1) is 9.72. The molecule has 1 N–H and O–H groups in total. The zero-order valence-electron chi connectivity index (χ0n) is 7.97. The minimum Gasteiger partial charge on any atom is -0.320 e. The molecule has 2 rings (SSSR count). The van der Waals surface area contributed by atoms with Gasteiger partial charge in [0.1, 0.15) is 4.88 Å². The zero-order valence-corrected chi connectivity index (χ0v) is 8.78. The van der Waals surface area contributed by atoms with E-state index in [2.05, 4.69) is 19.9 Å². The summed E-state index contributed by atoms with van der Waals surface area (Å²) in [4.78, 5) is 16.1. The first-order chi connectivity index (χ1) is 7.27. The molecule has 0 aliphatic carbocycles. The van der Waals surface area contributed by atoms with Crippen LogP contribution >= 0.6 is 11.5 Å². The Bertz CT molecular complexity index is 468. The number of nitrogens with one attached hydrogen (secondary N) is 1. The third-order valence-corrected chi connectivity index (χ3v) is 2.60. The number of rotatable bonds is 2. The summed E-state index contributed by atoms with van der Waals surface area (Å²) in [6.07, 6.45) is 3.23. The van der Waals surface area contributed by atoms with Crippen molar-refractivity contribution in [3.05, 3.63) is 35.1 Å². The standard InChI is InChI=1S/C9H8N4OS/c1-6-8(15-13-12-6)9(14)11-7-3-2-4-10-5-7/h2-5H,1H3,(H,11,14). The van der Waals surface area contributed by atoms with Crippen LogP contribution in [0, 0.1) is 6.92 Å². The molecule has 0 bridgehead atoms. The van der Waals surface area contributed by atoms with Gasteiger partial charge < -0.3 is 5.32 Å². The number of pyridine rings is 1. The molecule has 0 radical (unpaired) electrons. The molecule has 2 heterocycles. The summed E-state index contributed by atoms with van der Waals surface area (Å²) in [5.41, 5.74) is 1.30. The summed E-state index contributed by atoms with van der Waals surface area (Å²) in [5.74, 6) is -0.199. The number of nitrogens with zero attached hydrogens (tertiary/aromatic N) is 3. The molecule has 5 nitrogen and oxygen atoms in total. The van der Waals surface area contributed by atoms with E-state index in [0.717, 1.165) is 11.5 Å². The van der Waals surface area contributed by atoms with Crippen LogP contribution in [0.2, 0.25) is 0 Å². The third kappa shape index (κ3) is 2.16. The maximum Gasteiger partial charge on any atom is 0.269 e. The Hall–Kier alpha value is -1.82. The molecule has 0 saturated heterocycles. The highest BCUT2D eigenvalue weighted by Gasteiger charge is 2.12. The Labute approximate surface area is 90.3 Å². The van der Waals surface area contributed by atoms with Gasteiger partial charge in [0, 0.05) is 6.20 Å². The second kappa shape index (κ2) is 4.14. The van der Waals surface area contributed by atoms with Crippen LogP contribution < -0.4 is 5.32 Å². The van der Waals surface area contributed by atoms with E-state index in [1.807, 2.05) is 0 Å². The van der Waals surface area contributed by atoms with Crippen molar-refractivity contribution in [1.29, 1.82) is 0 Å². The zero-order chi connectivity index (χ0) is 10.7. The van der Waals surface area contributed by atoms with Crippen LogP contribution in [0.1, 0.15) is 15.4 Å². The van der Waals surface area contributed by atoms with Gasteiger partial charge in [-0.3, -0.25) is 9.78 Å². The lowest BCUT2D eigenvalue weighted by Crippen LogP contribution is -2.11. The fourth-order valence-electron chi connectivity index (χ4n) is 1.06. The van der Waals surface area contributed by atoms with Crippen molar-refractivity contribution in [1.82, 2.24) is 14.6 Å². The highest BCUT2D eigenvalue weighted by Crippen LogP contribution is 2.12. The summed E-state index contributed by atoms with van der Waals surface area (Å²) in [7, 11) is 0. The van der Waals surface area contributed by atoms with E-state index in [9.17, 15) is 4.79 Å². The van der Waals surface area contributed by atoms with Crippen molar-refractivity contribution in [3.8, 4) is 0 Å². The number of aryl methyl sites for hydroxylation is 1. The maximum absolute atomic E-state index is 11.7. The Balaban J connectivity index is 2.15. The van der Waals surface area contributed by atoms with Crippen molar-refractivity contribution in [2.75, 3.05) is 5.32 Å². The summed E-state index contributed by atoms with van der Waals surface area (Å²) in [5, 5.41) is 6.49. The molecule has 6 heteroatoms. The van der Waals surface area contributed by atoms with E-state index in [1.165, 1.54) is 0 Å². The van der Waals surface area contributed by atoms with E-state index >= 15 is 0 Å². The minimum atomic E-state index is -0.199. The fourth-order valence-corrected chi connectivity index (χ4v) is 1.62. The van der Waals surface area contributed by atoms with Crippen LogP contribution in [-0.2, 0) is 0 Å². The Kier molecular flexibility index (Phi) is 2.68. The number of hydrogen-bond donors (Lipinski definition) is 1. The number of anilines is 1. The van der Waals surface area contributed by atoms with E-state index in [0.29, 0.717) is 16.3 Å². The van der Waals surface area contributed by atoms with Crippen LogP contribution in [0.25, 0.3) is 0 Å². The van der Waals surface area contributed by atoms with Gasteiger partial charge in [-0.1, -0.05) is 4.49 Å². The number of hydrogen-bond acceptors (Lipinski definition) is 5. The molecule has 76 valence electrons. The van der Waals surface area contributed by atoms with Gasteiger partial charge in [0.25, 0.3) is 5.91 Å². The van der Waals surface area contributed by atoms with Gasteiger partial charge in [0.05, 0.1) is 17.6 Å². The Morgan fingerprint density at radius 3 is 3.00 bits per heavy atom. The lowest BCUT2D eigenvalue weighted by molar-refractivity contribution is 0.103. The van der Waals surface area contributed by atoms with Gasteiger partial charge in [-0.25, -0.2) is 0 Å². The number of carbonyl (C=O) groups excluding carboxylic acids is 1. The molecule has 2 aromatic rings. The molecule has 0 atom stereocenters. The summed E-state index contributed by atoms with van der Waals surface area (Å²) >= 11 is 1.08. The molecule has 0 spiro atoms. The van der Waals surface area contributed by atoms with Gasteiger partial charge in [-0.05, 0) is 30.6 Å². The van der Waals surface area contributed by atoms with Gasteiger partial charge in [-0.2, -0.15) is 0 Å². The largest absolute Gasteiger partial charge is 0.320 e. The van der Waals surface area contributed by atoms with E-state index < -0.39 is 0 Å². The molecule has 0 aliphatic rings. The van der Waals surface area contributed by atoms with Gasteiger partial charge in [0.2, 0.25) is 0 Å². The highest BCUT2D eigenvalue weighted by atomic mass is 32.1. The molecular weight excluding hydrogens is 212 g/mol. The van der Waals surface area contributed by atoms with Crippen LogP contribution in [0.4, 0.5) is 5.69 Å². The predicted octanol–water partition coefficient (Wildman–Crippen LogP) is 1.49. The number of amides is 1. The first-order valence-electron chi connectivity index (χ1n) is 4.27. The first-order valence-corrected chi connectivity index (χ1v) is 5.05. The molecule has 15 heavy (non-hydrogen) atoms. The van der Waals surface area contributed by atoms with Crippen LogP contribution in [-0.4, -0.2) is 20.5 Å². The van der Waals surface area contributed by atoms with Crippen molar-refractivity contribution < 1.29 is 4.79 Å². The molecule has 1 amide bonds. The van der Waals surface area contributed by atoms with Gasteiger partial charge >= 0.3 is 0 Å². The van der Waals surface area contributed by atoms with E-state index in [-0.39, 0.29) is 5.91 Å². The third-order valence-electron chi connectivity index (χ3n) is 1.78. The topological polar surface area (TPSA) is 67.8 Å². The average Bonchev–Trinajstić information content (AvgIpc) is 2.66. The van der Waals surface area contributed by atoms with Crippen LogP contribution in [0.5, 0.6) is 0 Å². The number of aromatic nitrogens is 3. The molecule has 0 fully saturated rings. The minimum absolute atomic E-state index is 0.199. The SMILES string of the molecule is Cc1nnsc1C(=O)Nc1cccnc1. The summed E-state index contributed by atoms with van der Waals surface area (Å²) in [6.45, 7) is 1.75. The van der Waals surface area contributed by atoms with E-state index in [4.69, 9.17) is 0 Å². The predicted molar refractivity (Wildman–Crippen MR) is 56.8 cm³/mol. The Morgan fingerprint density at radius 2 is 2.40 bits per heavy atom. The Morgan fingerprint density at radius 1 is 1.53 bits per heavy atom. The average molecular weight is 220 g/mol. The van der Waals surface area contributed by atoms with Crippen molar-refractivity contribution in [3.63, 3.8) is 0 Å². The lowest BCUT2D eigenvalue weighted by Gasteiger charge is -2.01. The van der Waals surface area contributed by atoms with Gasteiger partial charge in [0.15, 0.2) is 0 Å². The van der Waals surface area contributed by atoms with Crippen LogP contribution in [0.15, 0.2) is 24.5 Å². The van der Waals surface area contributed by atoms with E-state index in [1.54, 1.807) is 31.5 Å². The van der Waals surface area contributed by atoms with Crippen molar-refractivity contribution in [2.45, 2.75) is 6.92 Å². The lowest BCUT2D eigenvalue weighted by atomic mass is 10.3. The second-order valence-corrected chi connectivity index (χ2v) is 3.64. The van der Waals surface area contributed by atoms with Crippen molar-refractivity contribution >= 4 is 23.1 Å². The van der Waals surface area contributed by atoms with Gasteiger partial charge in [-0.15, -0.1) is 5.10 Å². The quantitative estimate of drug-likeness (QED) is 0.832. The summed E-state index contributed by atoms with van der Waals surface area (Å²) < 4.78 is 3.70. The molecule has 0 aromatic carbocycles. The fraction of sp³-hybridized carbons (Fsp3) is 0.111. The molecule has 0 unspecified atom stereocenters. The maximum atomic E-state index is 11.7. The second-order valence-electron chi connectivity index (χ2n) is 2.88. The molecular formula is C9H8N4OS. The summed E-state index contributed by atoms with van der Waals surface area (Å²) in [6, 6.07) is 3.53. The molecule has 0 aliphatic heterocycles. The highest BCUT2D eigenvalue weighted by molar-refractivity contribution is 7.08. The van der Waals surface area contributed by atoms with Crippen molar-refractivity contribution in [2.24, 2.45) is 0 Å². The molecule has 0 saturated carbocycles. The van der Waals surface area contributed by atoms with Crippen LogP contribution in [0.3, 0.4) is 0 Å². The normalized spacial score (nSPS) is 9.93. The molecule has 2 aromatic heterocycles. The monoisotopic (exact) mass is 220 g/mol. The number of carbonyl (C=O) groups is 1. The smallest absolute Gasteiger partial charge is 0.269 e.